The number of carboxylic acids is 1. The Labute approximate surface area is 113 Å². The van der Waals surface area contributed by atoms with Crippen molar-refractivity contribution in [3.63, 3.8) is 0 Å². The molecule has 3 aromatic rings. The van der Waals surface area contributed by atoms with Crippen LogP contribution in [0.2, 0.25) is 5.15 Å². The van der Waals surface area contributed by atoms with E-state index in [0.29, 0.717) is 16.6 Å². The number of aromatic carboxylic acids is 1. The fraction of sp³-hybridized carbons (Fsp3) is 0. The standard InChI is InChI=1S/C13H8ClN3O2/c14-10-2-1-3-11-15-16-12(17(10)11)8-4-6-9(7-5-8)13(18)19/h1-7H,(H,18,19). The van der Waals surface area contributed by atoms with E-state index in [0.717, 1.165) is 5.56 Å². The number of carboxylic acid groups (broad SMARTS) is 1. The molecule has 0 fully saturated rings. The van der Waals surface area contributed by atoms with Gasteiger partial charge in [0, 0.05) is 5.56 Å². The van der Waals surface area contributed by atoms with E-state index in [1.807, 2.05) is 0 Å². The first kappa shape index (κ1) is 11.7. The number of rotatable bonds is 2. The predicted octanol–water partition coefficient (Wildman–Crippen LogP) is 2.75. The van der Waals surface area contributed by atoms with Crippen LogP contribution >= 0.6 is 11.6 Å². The van der Waals surface area contributed by atoms with Gasteiger partial charge in [-0.1, -0.05) is 29.8 Å². The summed E-state index contributed by atoms with van der Waals surface area (Å²) in [7, 11) is 0. The molecular formula is C13H8ClN3O2. The van der Waals surface area contributed by atoms with Gasteiger partial charge in [0.15, 0.2) is 11.5 Å². The van der Waals surface area contributed by atoms with E-state index in [1.54, 1.807) is 34.7 Å². The van der Waals surface area contributed by atoms with E-state index in [1.165, 1.54) is 12.1 Å². The minimum atomic E-state index is -0.962. The molecule has 0 aliphatic rings. The van der Waals surface area contributed by atoms with E-state index < -0.39 is 5.97 Å². The second-order valence-corrected chi connectivity index (χ2v) is 4.34. The number of hydrogen-bond donors (Lipinski definition) is 1. The summed E-state index contributed by atoms with van der Waals surface area (Å²) in [6, 6.07) is 11.8. The Balaban J connectivity index is 2.16. The van der Waals surface area contributed by atoms with E-state index in [-0.39, 0.29) is 5.56 Å². The molecule has 0 amide bonds. The Morgan fingerprint density at radius 3 is 2.53 bits per heavy atom. The molecule has 0 aliphatic heterocycles. The summed E-state index contributed by atoms with van der Waals surface area (Å²) in [5.41, 5.74) is 1.62. The lowest BCUT2D eigenvalue weighted by Crippen LogP contribution is -1.96. The van der Waals surface area contributed by atoms with Crippen LogP contribution in [0.5, 0.6) is 0 Å². The van der Waals surface area contributed by atoms with Crippen molar-refractivity contribution in [2.75, 3.05) is 0 Å². The molecule has 1 N–H and O–H groups in total. The number of nitrogens with zero attached hydrogens (tertiary/aromatic N) is 3. The van der Waals surface area contributed by atoms with Crippen molar-refractivity contribution in [2.24, 2.45) is 0 Å². The third kappa shape index (κ3) is 1.94. The maximum absolute atomic E-state index is 10.8. The molecule has 0 radical (unpaired) electrons. The molecular weight excluding hydrogens is 266 g/mol. The Morgan fingerprint density at radius 1 is 1.11 bits per heavy atom. The molecule has 0 spiro atoms. The van der Waals surface area contributed by atoms with Crippen molar-refractivity contribution >= 4 is 23.2 Å². The molecule has 1 aromatic carbocycles. The maximum atomic E-state index is 10.8. The van der Waals surface area contributed by atoms with E-state index >= 15 is 0 Å². The molecule has 0 bridgehead atoms. The first-order chi connectivity index (χ1) is 9.16. The Morgan fingerprint density at radius 2 is 1.84 bits per heavy atom. The number of hydrogen-bond acceptors (Lipinski definition) is 3. The average molecular weight is 274 g/mol. The normalized spacial score (nSPS) is 10.8. The largest absolute Gasteiger partial charge is 0.478 e. The van der Waals surface area contributed by atoms with Crippen molar-refractivity contribution < 1.29 is 9.90 Å². The molecule has 0 saturated carbocycles. The van der Waals surface area contributed by atoms with Crippen LogP contribution in [-0.2, 0) is 0 Å². The smallest absolute Gasteiger partial charge is 0.335 e. The lowest BCUT2D eigenvalue weighted by molar-refractivity contribution is 0.0697. The van der Waals surface area contributed by atoms with Gasteiger partial charge in [0.25, 0.3) is 0 Å². The quantitative estimate of drug-likeness (QED) is 0.729. The second kappa shape index (κ2) is 4.37. The summed E-state index contributed by atoms with van der Waals surface area (Å²) >= 11 is 6.12. The molecule has 3 rings (SSSR count). The van der Waals surface area contributed by atoms with Crippen LogP contribution in [0.25, 0.3) is 17.0 Å². The Hall–Kier alpha value is -2.40. The highest BCUT2D eigenvalue weighted by molar-refractivity contribution is 6.29. The van der Waals surface area contributed by atoms with Gasteiger partial charge in [-0.3, -0.25) is 4.40 Å². The van der Waals surface area contributed by atoms with Gasteiger partial charge in [0.05, 0.1) is 5.56 Å². The lowest BCUT2D eigenvalue weighted by Gasteiger charge is -2.02. The summed E-state index contributed by atoms with van der Waals surface area (Å²) in [5.74, 6) is -0.381. The van der Waals surface area contributed by atoms with E-state index in [2.05, 4.69) is 10.2 Å². The highest BCUT2D eigenvalue weighted by Crippen LogP contribution is 2.22. The van der Waals surface area contributed by atoms with Crippen LogP contribution in [-0.4, -0.2) is 25.7 Å². The van der Waals surface area contributed by atoms with Gasteiger partial charge in [0.1, 0.15) is 5.15 Å². The predicted molar refractivity (Wildman–Crippen MR) is 70.4 cm³/mol. The zero-order chi connectivity index (χ0) is 13.4. The first-order valence-corrected chi connectivity index (χ1v) is 5.88. The number of carbonyl (C=O) groups is 1. The van der Waals surface area contributed by atoms with Crippen LogP contribution in [0.3, 0.4) is 0 Å². The number of aromatic nitrogens is 3. The first-order valence-electron chi connectivity index (χ1n) is 5.50. The summed E-state index contributed by atoms with van der Waals surface area (Å²) in [4.78, 5) is 10.8. The second-order valence-electron chi connectivity index (χ2n) is 3.95. The van der Waals surface area contributed by atoms with Gasteiger partial charge >= 0.3 is 5.97 Å². The molecule has 0 unspecified atom stereocenters. The molecule has 6 heteroatoms. The molecule has 19 heavy (non-hydrogen) atoms. The zero-order valence-corrected chi connectivity index (χ0v) is 10.4. The molecule has 0 aliphatic carbocycles. The fourth-order valence-corrected chi connectivity index (χ4v) is 2.09. The highest BCUT2D eigenvalue weighted by atomic mass is 35.5. The Kier molecular flexibility index (Phi) is 2.68. The van der Waals surface area contributed by atoms with Crippen molar-refractivity contribution in [2.45, 2.75) is 0 Å². The van der Waals surface area contributed by atoms with Gasteiger partial charge in [-0.25, -0.2) is 4.79 Å². The summed E-state index contributed by atoms with van der Waals surface area (Å²) in [6.07, 6.45) is 0. The van der Waals surface area contributed by atoms with Crippen LogP contribution in [0.4, 0.5) is 0 Å². The fourth-order valence-electron chi connectivity index (χ4n) is 1.85. The molecule has 0 atom stereocenters. The maximum Gasteiger partial charge on any atom is 0.335 e. The SMILES string of the molecule is O=C(O)c1ccc(-c2nnc3cccc(Cl)n23)cc1. The number of benzene rings is 1. The minimum Gasteiger partial charge on any atom is -0.478 e. The minimum absolute atomic E-state index is 0.226. The van der Waals surface area contributed by atoms with Gasteiger partial charge in [-0.2, -0.15) is 0 Å². The Bertz CT molecular complexity index is 765. The van der Waals surface area contributed by atoms with Gasteiger partial charge in [-0.15, -0.1) is 10.2 Å². The average Bonchev–Trinajstić information content (AvgIpc) is 2.84. The molecule has 2 heterocycles. The van der Waals surface area contributed by atoms with Crippen LogP contribution in [0.15, 0.2) is 42.5 Å². The van der Waals surface area contributed by atoms with Gasteiger partial charge in [-0.05, 0) is 24.3 Å². The number of fused-ring (bicyclic) bond motifs is 1. The van der Waals surface area contributed by atoms with Crippen LogP contribution < -0.4 is 0 Å². The van der Waals surface area contributed by atoms with Gasteiger partial charge in [0.2, 0.25) is 0 Å². The number of halogens is 1. The third-order valence-corrected chi connectivity index (χ3v) is 3.07. The van der Waals surface area contributed by atoms with E-state index in [9.17, 15) is 4.79 Å². The lowest BCUT2D eigenvalue weighted by atomic mass is 10.1. The van der Waals surface area contributed by atoms with E-state index in [4.69, 9.17) is 16.7 Å². The van der Waals surface area contributed by atoms with Crippen molar-refractivity contribution in [3.05, 3.63) is 53.2 Å². The molecule has 0 saturated heterocycles. The topological polar surface area (TPSA) is 67.5 Å². The van der Waals surface area contributed by atoms with Crippen molar-refractivity contribution in [3.8, 4) is 11.4 Å². The van der Waals surface area contributed by atoms with Crippen molar-refractivity contribution in [1.29, 1.82) is 0 Å². The van der Waals surface area contributed by atoms with Gasteiger partial charge < -0.3 is 5.11 Å². The highest BCUT2D eigenvalue weighted by Gasteiger charge is 2.11. The number of pyridine rings is 1. The summed E-state index contributed by atoms with van der Waals surface area (Å²) < 4.78 is 1.71. The molecule has 5 nitrogen and oxygen atoms in total. The third-order valence-electron chi connectivity index (χ3n) is 2.77. The van der Waals surface area contributed by atoms with Crippen molar-refractivity contribution in [1.82, 2.24) is 14.6 Å². The zero-order valence-electron chi connectivity index (χ0n) is 9.62. The summed E-state index contributed by atoms with van der Waals surface area (Å²) in [5, 5.41) is 17.5. The van der Waals surface area contributed by atoms with Crippen LogP contribution in [0, 0.1) is 0 Å². The summed E-state index contributed by atoms with van der Waals surface area (Å²) in [6.45, 7) is 0. The van der Waals surface area contributed by atoms with Crippen LogP contribution in [0.1, 0.15) is 10.4 Å². The molecule has 94 valence electrons. The molecule has 2 aromatic heterocycles. The monoisotopic (exact) mass is 273 g/mol.